The van der Waals surface area contributed by atoms with Crippen LogP contribution >= 0.6 is 0 Å². The molecule has 7 nitrogen and oxygen atoms in total. The third-order valence-electron chi connectivity index (χ3n) is 4.14. The number of rotatable bonds is 5. The van der Waals surface area contributed by atoms with E-state index in [-0.39, 0.29) is 6.10 Å². The Kier molecular flexibility index (Phi) is 4.00. The van der Waals surface area contributed by atoms with Crippen LogP contribution in [0.2, 0.25) is 0 Å². The second kappa shape index (κ2) is 6.45. The lowest BCUT2D eigenvalue weighted by atomic mass is 10.2. The van der Waals surface area contributed by atoms with Gasteiger partial charge in [-0.1, -0.05) is 17.7 Å². The number of aryl methyl sites for hydroxylation is 1. The number of nitrogens with one attached hydrogen (secondary N) is 3. The molecule has 3 heterocycles. The SMILES string of the molecule is Cc1ccc(Nc2nc(NC[C@H]3CCCO3)nc3[nH]ncc23)cc1. The molecule has 1 atom stereocenters. The molecule has 1 aliphatic rings. The number of ether oxygens (including phenoxy) is 1. The predicted octanol–water partition coefficient (Wildman–Crippen LogP) is 3.00. The number of aromatic amines is 1. The Hall–Kier alpha value is -2.67. The number of hydrogen-bond donors (Lipinski definition) is 3. The Bertz CT molecular complexity index is 823. The Morgan fingerprint density at radius 2 is 2.12 bits per heavy atom. The summed E-state index contributed by atoms with van der Waals surface area (Å²) >= 11 is 0. The van der Waals surface area contributed by atoms with Crippen molar-refractivity contribution in [2.24, 2.45) is 0 Å². The Labute approximate surface area is 139 Å². The predicted molar refractivity (Wildman–Crippen MR) is 93.6 cm³/mol. The molecule has 1 fully saturated rings. The van der Waals surface area contributed by atoms with E-state index >= 15 is 0 Å². The van der Waals surface area contributed by atoms with Crippen molar-refractivity contribution in [3.63, 3.8) is 0 Å². The molecule has 1 aliphatic heterocycles. The van der Waals surface area contributed by atoms with Crippen LogP contribution in [0.1, 0.15) is 18.4 Å². The van der Waals surface area contributed by atoms with E-state index in [9.17, 15) is 0 Å². The maximum atomic E-state index is 5.63. The summed E-state index contributed by atoms with van der Waals surface area (Å²) in [7, 11) is 0. The second-order valence-corrected chi connectivity index (χ2v) is 6.04. The smallest absolute Gasteiger partial charge is 0.226 e. The van der Waals surface area contributed by atoms with Crippen LogP contribution < -0.4 is 10.6 Å². The molecule has 0 unspecified atom stereocenters. The van der Waals surface area contributed by atoms with E-state index < -0.39 is 0 Å². The summed E-state index contributed by atoms with van der Waals surface area (Å²) in [5.74, 6) is 1.30. The van der Waals surface area contributed by atoms with Crippen molar-refractivity contribution >= 4 is 28.5 Å². The molecule has 3 aromatic rings. The van der Waals surface area contributed by atoms with Crippen molar-refractivity contribution in [3.05, 3.63) is 36.0 Å². The Morgan fingerprint density at radius 3 is 2.92 bits per heavy atom. The zero-order valence-electron chi connectivity index (χ0n) is 13.5. The van der Waals surface area contributed by atoms with Gasteiger partial charge in [0.1, 0.15) is 5.82 Å². The fourth-order valence-corrected chi connectivity index (χ4v) is 2.79. The third-order valence-corrected chi connectivity index (χ3v) is 4.14. The fraction of sp³-hybridized carbons (Fsp3) is 0.353. The number of aromatic nitrogens is 4. The number of benzene rings is 1. The first kappa shape index (κ1) is 14.9. The summed E-state index contributed by atoms with van der Waals surface area (Å²) in [6.45, 7) is 3.62. The molecule has 0 radical (unpaired) electrons. The van der Waals surface area contributed by atoms with E-state index in [1.165, 1.54) is 5.56 Å². The van der Waals surface area contributed by atoms with Crippen molar-refractivity contribution in [2.75, 3.05) is 23.8 Å². The highest BCUT2D eigenvalue weighted by molar-refractivity contribution is 5.89. The van der Waals surface area contributed by atoms with Gasteiger partial charge in [-0.15, -0.1) is 0 Å². The summed E-state index contributed by atoms with van der Waals surface area (Å²) in [6, 6.07) is 8.19. The van der Waals surface area contributed by atoms with E-state index in [4.69, 9.17) is 4.74 Å². The van der Waals surface area contributed by atoms with E-state index in [0.717, 1.165) is 36.3 Å². The van der Waals surface area contributed by atoms with Gasteiger partial charge in [0.2, 0.25) is 5.95 Å². The van der Waals surface area contributed by atoms with E-state index in [0.29, 0.717) is 18.1 Å². The number of nitrogens with zero attached hydrogens (tertiary/aromatic N) is 3. The second-order valence-electron chi connectivity index (χ2n) is 6.04. The van der Waals surface area contributed by atoms with Crippen molar-refractivity contribution < 1.29 is 4.74 Å². The highest BCUT2D eigenvalue weighted by Gasteiger charge is 2.16. The zero-order chi connectivity index (χ0) is 16.4. The molecule has 0 aliphatic carbocycles. The molecular formula is C17H20N6O. The van der Waals surface area contributed by atoms with Crippen LogP contribution in [0.4, 0.5) is 17.5 Å². The Balaban J connectivity index is 1.58. The summed E-state index contributed by atoms with van der Waals surface area (Å²) in [4.78, 5) is 9.08. The van der Waals surface area contributed by atoms with Crippen LogP contribution in [0, 0.1) is 6.92 Å². The molecule has 124 valence electrons. The minimum atomic E-state index is 0.236. The minimum absolute atomic E-state index is 0.236. The lowest BCUT2D eigenvalue weighted by Crippen LogP contribution is -2.19. The number of fused-ring (bicyclic) bond motifs is 1. The Morgan fingerprint density at radius 1 is 1.25 bits per heavy atom. The summed E-state index contributed by atoms with van der Waals surface area (Å²) in [5, 5.41) is 14.5. The highest BCUT2D eigenvalue weighted by atomic mass is 16.5. The average Bonchev–Trinajstić information content (AvgIpc) is 3.26. The van der Waals surface area contributed by atoms with Crippen LogP contribution in [0.5, 0.6) is 0 Å². The molecule has 3 N–H and O–H groups in total. The van der Waals surface area contributed by atoms with Crippen LogP contribution in [-0.4, -0.2) is 39.4 Å². The van der Waals surface area contributed by atoms with Gasteiger partial charge in [-0.2, -0.15) is 15.1 Å². The first-order valence-electron chi connectivity index (χ1n) is 8.18. The third kappa shape index (κ3) is 3.16. The first-order valence-corrected chi connectivity index (χ1v) is 8.18. The van der Waals surface area contributed by atoms with Gasteiger partial charge >= 0.3 is 0 Å². The summed E-state index contributed by atoms with van der Waals surface area (Å²) in [5.41, 5.74) is 2.90. The van der Waals surface area contributed by atoms with Crippen molar-refractivity contribution in [1.82, 2.24) is 20.2 Å². The zero-order valence-corrected chi connectivity index (χ0v) is 13.5. The van der Waals surface area contributed by atoms with Gasteiger partial charge in [0.15, 0.2) is 5.65 Å². The van der Waals surface area contributed by atoms with Gasteiger partial charge in [-0.3, -0.25) is 5.10 Å². The summed E-state index contributed by atoms with van der Waals surface area (Å²) < 4.78 is 5.63. The van der Waals surface area contributed by atoms with E-state index in [1.807, 2.05) is 12.1 Å². The molecule has 0 bridgehead atoms. The molecule has 7 heteroatoms. The molecule has 1 aromatic carbocycles. The maximum absolute atomic E-state index is 5.63. The molecule has 0 saturated carbocycles. The topological polar surface area (TPSA) is 87.8 Å². The van der Waals surface area contributed by atoms with Crippen LogP contribution in [0.3, 0.4) is 0 Å². The molecular weight excluding hydrogens is 304 g/mol. The molecule has 1 saturated heterocycles. The molecule has 0 spiro atoms. The van der Waals surface area contributed by atoms with Crippen molar-refractivity contribution in [1.29, 1.82) is 0 Å². The van der Waals surface area contributed by atoms with Gasteiger partial charge in [-0.05, 0) is 31.9 Å². The van der Waals surface area contributed by atoms with E-state index in [1.54, 1.807) is 6.20 Å². The quantitative estimate of drug-likeness (QED) is 0.669. The lowest BCUT2D eigenvalue weighted by molar-refractivity contribution is 0.120. The maximum Gasteiger partial charge on any atom is 0.226 e. The molecule has 0 amide bonds. The van der Waals surface area contributed by atoms with Gasteiger partial charge in [0, 0.05) is 18.8 Å². The standard InChI is InChI=1S/C17H20N6O/c1-11-4-6-12(7-5-11)20-15-14-10-19-23-16(14)22-17(21-15)18-9-13-3-2-8-24-13/h4-7,10,13H,2-3,8-9H2,1H3,(H3,18,19,20,21,22,23)/t13-/m1/s1. The molecule has 24 heavy (non-hydrogen) atoms. The average molecular weight is 324 g/mol. The van der Waals surface area contributed by atoms with Crippen LogP contribution in [-0.2, 0) is 4.74 Å². The van der Waals surface area contributed by atoms with Crippen molar-refractivity contribution in [2.45, 2.75) is 25.9 Å². The van der Waals surface area contributed by atoms with Gasteiger partial charge in [0.25, 0.3) is 0 Å². The lowest BCUT2D eigenvalue weighted by Gasteiger charge is -2.12. The first-order chi connectivity index (χ1) is 11.8. The monoisotopic (exact) mass is 324 g/mol. The normalized spacial score (nSPS) is 17.3. The molecule has 4 rings (SSSR count). The number of H-pyrrole nitrogens is 1. The van der Waals surface area contributed by atoms with Crippen LogP contribution in [0.15, 0.2) is 30.5 Å². The fourth-order valence-electron chi connectivity index (χ4n) is 2.79. The van der Waals surface area contributed by atoms with Gasteiger partial charge in [0.05, 0.1) is 17.7 Å². The van der Waals surface area contributed by atoms with Gasteiger partial charge in [-0.25, -0.2) is 0 Å². The minimum Gasteiger partial charge on any atom is -0.376 e. The van der Waals surface area contributed by atoms with Crippen LogP contribution in [0.25, 0.3) is 11.0 Å². The van der Waals surface area contributed by atoms with Gasteiger partial charge < -0.3 is 15.4 Å². The van der Waals surface area contributed by atoms with E-state index in [2.05, 4.69) is 49.9 Å². The molecule has 2 aromatic heterocycles. The van der Waals surface area contributed by atoms with Crippen molar-refractivity contribution in [3.8, 4) is 0 Å². The number of hydrogen-bond acceptors (Lipinski definition) is 6. The highest BCUT2D eigenvalue weighted by Crippen LogP contribution is 2.24. The number of anilines is 3. The largest absolute Gasteiger partial charge is 0.376 e. The summed E-state index contributed by atoms with van der Waals surface area (Å²) in [6.07, 6.45) is 4.16.